The molecule has 51 heavy (non-hydrogen) atoms. The van der Waals surface area contributed by atoms with Crippen molar-refractivity contribution in [3.63, 3.8) is 0 Å². The van der Waals surface area contributed by atoms with E-state index < -0.39 is 58.4 Å². The van der Waals surface area contributed by atoms with Crippen LogP contribution in [0.2, 0.25) is 0 Å². The Balaban J connectivity index is 3.76. The second kappa shape index (κ2) is 37.3. The number of carbonyl (C=O) groups is 2. The first kappa shape index (κ1) is 50.0. The topological polar surface area (TPSA) is 149 Å². The Morgan fingerprint density at radius 2 is 0.686 bits per heavy atom. The SMILES string of the molecule is CCCCCCCCCCCCCCCCCCCCCCCCC(=O)OC(CO)COP(=O)(O)OCC(CO)OC(=O)CCCCCCCC. The first-order chi connectivity index (χ1) is 24.8. The summed E-state index contributed by atoms with van der Waals surface area (Å²) in [5.41, 5.74) is 0. The van der Waals surface area contributed by atoms with Crippen LogP contribution in [0.1, 0.15) is 206 Å². The van der Waals surface area contributed by atoms with Gasteiger partial charge in [-0.2, -0.15) is 0 Å². The largest absolute Gasteiger partial charge is 0.472 e. The number of phosphoric acid groups is 1. The quantitative estimate of drug-likeness (QED) is 0.0314. The molecule has 11 heteroatoms. The number of unbranched alkanes of at least 4 members (excludes halogenated alkanes) is 26. The number of aliphatic hydroxyl groups is 2. The van der Waals surface area contributed by atoms with Gasteiger partial charge < -0.3 is 24.6 Å². The summed E-state index contributed by atoms with van der Waals surface area (Å²) in [6, 6.07) is 0. The molecular weight excluding hydrogens is 671 g/mol. The second-order valence-corrected chi connectivity index (χ2v) is 15.8. The number of ether oxygens (including phenoxy) is 2. The van der Waals surface area contributed by atoms with Crippen molar-refractivity contribution in [3.05, 3.63) is 0 Å². The molecule has 10 nitrogen and oxygen atoms in total. The van der Waals surface area contributed by atoms with Gasteiger partial charge in [-0.3, -0.25) is 18.6 Å². The Hall–Kier alpha value is -1.03. The van der Waals surface area contributed by atoms with E-state index in [0.717, 1.165) is 44.9 Å². The summed E-state index contributed by atoms with van der Waals surface area (Å²) in [6.45, 7) is 2.15. The minimum Gasteiger partial charge on any atom is -0.457 e. The van der Waals surface area contributed by atoms with E-state index in [1.165, 1.54) is 122 Å². The fourth-order valence-electron chi connectivity index (χ4n) is 6.06. The smallest absolute Gasteiger partial charge is 0.457 e. The molecule has 0 aromatic carbocycles. The van der Waals surface area contributed by atoms with Crippen molar-refractivity contribution >= 4 is 19.8 Å². The number of hydrogen-bond acceptors (Lipinski definition) is 9. The molecule has 0 rings (SSSR count). The van der Waals surface area contributed by atoms with E-state index in [4.69, 9.17) is 18.5 Å². The molecule has 0 aliphatic carbocycles. The van der Waals surface area contributed by atoms with Crippen LogP contribution in [0.25, 0.3) is 0 Å². The molecule has 0 fully saturated rings. The minimum absolute atomic E-state index is 0.194. The Morgan fingerprint density at radius 1 is 0.451 bits per heavy atom. The van der Waals surface area contributed by atoms with Gasteiger partial charge in [0, 0.05) is 12.8 Å². The van der Waals surface area contributed by atoms with Crippen LogP contribution in [0.5, 0.6) is 0 Å². The molecule has 0 heterocycles. The first-order valence-electron chi connectivity index (χ1n) is 21.0. The monoisotopic (exact) mass is 751 g/mol. The van der Waals surface area contributed by atoms with Gasteiger partial charge in [-0.05, 0) is 12.8 Å². The van der Waals surface area contributed by atoms with Crippen molar-refractivity contribution in [1.29, 1.82) is 0 Å². The number of carbonyl (C=O) groups excluding carboxylic acids is 2. The van der Waals surface area contributed by atoms with Crippen molar-refractivity contribution in [2.45, 2.75) is 219 Å². The average Bonchev–Trinajstić information content (AvgIpc) is 3.12. The van der Waals surface area contributed by atoms with E-state index in [2.05, 4.69) is 13.8 Å². The Bertz CT molecular complexity index is 827. The summed E-state index contributed by atoms with van der Waals surface area (Å²) in [4.78, 5) is 34.2. The lowest BCUT2D eigenvalue weighted by Gasteiger charge is -2.20. The Kier molecular flexibility index (Phi) is 36.5. The van der Waals surface area contributed by atoms with Crippen LogP contribution in [0, 0.1) is 0 Å². The fraction of sp³-hybridized carbons (Fsp3) is 0.950. The maximum absolute atomic E-state index is 12.3. The van der Waals surface area contributed by atoms with Gasteiger partial charge in [0.15, 0.2) is 0 Å². The molecule has 3 N–H and O–H groups in total. The predicted molar refractivity (Wildman–Crippen MR) is 206 cm³/mol. The van der Waals surface area contributed by atoms with Crippen LogP contribution in [0.4, 0.5) is 0 Å². The number of phosphoric ester groups is 1. The molecule has 0 aliphatic heterocycles. The lowest BCUT2D eigenvalue weighted by atomic mass is 10.0. The van der Waals surface area contributed by atoms with Gasteiger partial charge in [0.05, 0.1) is 26.4 Å². The molecular formula is C40H79O10P. The number of esters is 2. The molecule has 304 valence electrons. The van der Waals surface area contributed by atoms with E-state index in [9.17, 15) is 29.3 Å². The summed E-state index contributed by atoms with van der Waals surface area (Å²) in [5, 5.41) is 19.0. The number of aliphatic hydroxyl groups excluding tert-OH is 2. The molecule has 3 atom stereocenters. The summed E-state index contributed by atoms with van der Waals surface area (Å²) in [6.07, 6.45) is 32.7. The van der Waals surface area contributed by atoms with Crippen molar-refractivity contribution in [2.24, 2.45) is 0 Å². The highest BCUT2D eigenvalue weighted by molar-refractivity contribution is 7.47. The van der Waals surface area contributed by atoms with Crippen molar-refractivity contribution in [3.8, 4) is 0 Å². The molecule has 0 aromatic rings. The maximum atomic E-state index is 12.3. The van der Waals surface area contributed by atoms with Crippen LogP contribution in [-0.2, 0) is 32.7 Å². The molecule has 0 aliphatic rings. The zero-order valence-electron chi connectivity index (χ0n) is 32.8. The standard InChI is InChI=1S/C40H79O10P/c1-3-5-7-9-11-12-13-14-15-16-17-18-19-20-21-22-23-24-25-26-28-30-32-40(44)50-38(34-42)36-48-51(45,46)47-35-37(33-41)49-39(43)31-29-27-10-8-6-4-2/h37-38,41-42H,3-36H2,1-2H3,(H,45,46). The molecule has 0 spiro atoms. The van der Waals surface area contributed by atoms with E-state index in [-0.39, 0.29) is 12.8 Å². The van der Waals surface area contributed by atoms with Crippen LogP contribution >= 0.6 is 7.82 Å². The third kappa shape index (κ3) is 35.8. The van der Waals surface area contributed by atoms with Crippen molar-refractivity contribution in [2.75, 3.05) is 26.4 Å². The third-order valence-corrected chi connectivity index (χ3v) is 10.3. The van der Waals surface area contributed by atoms with Gasteiger partial charge in [0.1, 0.15) is 12.2 Å². The summed E-state index contributed by atoms with van der Waals surface area (Å²) in [5.74, 6) is -1.02. The minimum atomic E-state index is -4.62. The van der Waals surface area contributed by atoms with E-state index >= 15 is 0 Å². The fourth-order valence-corrected chi connectivity index (χ4v) is 6.84. The van der Waals surface area contributed by atoms with E-state index in [0.29, 0.717) is 12.8 Å². The van der Waals surface area contributed by atoms with Gasteiger partial charge in [-0.25, -0.2) is 4.57 Å². The average molecular weight is 751 g/mol. The molecule has 0 saturated carbocycles. The van der Waals surface area contributed by atoms with Gasteiger partial charge in [-0.1, -0.05) is 181 Å². The molecule has 0 radical (unpaired) electrons. The van der Waals surface area contributed by atoms with Gasteiger partial charge in [-0.15, -0.1) is 0 Å². The Morgan fingerprint density at radius 3 is 0.922 bits per heavy atom. The lowest BCUT2D eigenvalue weighted by molar-refractivity contribution is -0.153. The van der Waals surface area contributed by atoms with Crippen LogP contribution < -0.4 is 0 Å². The van der Waals surface area contributed by atoms with Crippen LogP contribution in [-0.4, -0.2) is 65.7 Å². The highest BCUT2D eigenvalue weighted by Gasteiger charge is 2.27. The highest BCUT2D eigenvalue weighted by Crippen LogP contribution is 2.43. The molecule has 0 aromatic heterocycles. The summed E-state index contributed by atoms with van der Waals surface area (Å²) < 4.78 is 32.3. The van der Waals surface area contributed by atoms with Crippen molar-refractivity contribution < 1.29 is 47.8 Å². The molecule has 0 amide bonds. The third-order valence-electron chi connectivity index (χ3n) is 9.32. The van der Waals surface area contributed by atoms with Gasteiger partial charge in [0.2, 0.25) is 0 Å². The zero-order valence-corrected chi connectivity index (χ0v) is 33.7. The van der Waals surface area contributed by atoms with E-state index in [1.54, 1.807) is 0 Å². The maximum Gasteiger partial charge on any atom is 0.472 e. The van der Waals surface area contributed by atoms with Crippen molar-refractivity contribution in [1.82, 2.24) is 0 Å². The number of hydrogen-bond donors (Lipinski definition) is 3. The number of rotatable bonds is 40. The molecule has 0 bridgehead atoms. The summed E-state index contributed by atoms with van der Waals surface area (Å²) in [7, 11) is -4.62. The highest BCUT2D eigenvalue weighted by atomic mass is 31.2. The lowest BCUT2D eigenvalue weighted by Crippen LogP contribution is -2.28. The normalized spacial score (nSPS) is 13.9. The first-order valence-corrected chi connectivity index (χ1v) is 22.5. The van der Waals surface area contributed by atoms with E-state index in [1.807, 2.05) is 0 Å². The van der Waals surface area contributed by atoms with Gasteiger partial charge in [0.25, 0.3) is 0 Å². The summed E-state index contributed by atoms with van der Waals surface area (Å²) >= 11 is 0. The van der Waals surface area contributed by atoms with Crippen LogP contribution in [0.15, 0.2) is 0 Å². The van der Waals surface area contributed by atoms with Crippen LogP contribution in [0.3, 0.4) is 0 Å². The predicted octanol–water partition coefficient (Wildman–Crippen LogP) is 10.7. The second-order valence-electron chi connectivity index (χ2n) is 14.3. The Labute approximate surface area is 312 Å². The van der Waals surface area contributed by atoms with Gasteiger partial charge >= 0.3 is 19.8 Å². The zero-order chi connectivity index (χ0) is 37.7. The molecule has 0 saturated heterocycles. The molecule has 3 unspecified atom stereocenters.